The molecule has 1 amide bonds. The number of benzene rings is 3. The molecule has 0 saturated carbocycles. The van der Waals surface area contributed by atoms with E-state index in [4.69, 9.17) is 14.4 Å². The van der Waals surface area contributed by atoms with E-state index in [1.165, 1.54) is 0 Å². The predicted octanol–water partition coefficient (Wildman–Crippen LogP) is 6.16. The van der Waals surface area contributed by atoms with Crippen LogP contribution in [0.4, 0.5) is 5.82 Å². The maximum Gasteiger partial charge on any atom is 0.222 e. The van der Waals surface area contributed by atoms with Gasteiger partial charge in [0.05, 0.1) is 17.8 Å². The topological polar surface area (TPSA) is 71.3 Å². The third kappa shape index (κ3) is 5.44. The summed E-state index contributed by atoms with van der Waals surface area (Å²) in [6.45, 7) is 3.12. The molecule has 2 heterocycles. The van der Waals surface area contributed by atoms with Crippen molar-refractivity contribution in [1.29, 1.82) is 0 Å². The second-order valence-corrected chi connectivity index (χ2v) is 8.72. The second-order valence-electron chi connectivity index (χ2n) is 8.72. The molecular weight excluding hydrogens is 448 g/mol. The number of aromatic nitrogens is 2. The van der Waals surface area contributed by atoms with Gasteiger partial charge in [0.25, 0.3) is 0 Å². The van der Waals surface area contributed by atoms with Gasteiger partial charge in [-0.1, -0.05) is 72.8 Å². The number of rotatable bonds is 9. The first kappa shape index (κ1) is 23.3. The Morgan fingerprint density at radius 2 is 1.61 bits per heavy atom. The molecule has 0 aliphatic rings. The number of hydrogen-bond donors (Lipinski definition) is 1. The lowest BCUT2D eigenvalue weighted by Crippen LogP contribution is -2.32. The monoisotopic (exact) mass is 476 g/mol. The number of para-hydroxylation sites is 1. The van der Waals surface area contributed by atoms with Crippen molar-refractivity contribution in [2.24, 2.45) is 0 Å². The van der Waals surface area contributed by atoms with Gasteiger partial charge in [0, 0.05) is 24.9 Å². The van der Waals surface area contributed by atoms with Gasteiger partial charge in [-0.15, -0.1) is 0 Å². The molecule has 0 unspecified atom stereocenters. The number of hydrogen-bond acceptors (Lipinski definition) is 5. The first-order valence-corrected chi connectivity index (χ1v) is 12.1. The maximum atomic E-state index is 12.9. The maximum absolute atomic E-state index is 12.9. The number of carbonyl (C=O) groups excluding carboxylic acids is 1. The van der Waals surface area contributed by atoms with Gasteiger partial charge in [-0.3, -0.25) is 4.79 Å². The van der Waals surface area contributed by atoms with E-state index in [-0.39, 0.29) is 11.9 Å². The van der Waals surface area contributed by atoms with Gasteiger partial charge in [0.2, 0.25) is 5.91 Å². The van der Waals surface area contributed by atoms with Crippen LogP contribution >= 0.6 is 0 Å². The van der Waals surface area contributed by atoms with E-state index in [1.807, 2.05) is 91.9 Å². The summed E-state index contributed by atoms with van der Waals surface area (Å²) in [4.78, 5) is 24.7. The lowest BCUT2D eigenvalue weighted by molar-refractivity contribution is -0.121. The van der Waals surface area contributed by atoms with Crippen LogP contribution in [0.25, 0.3) is 22.5 Å². The fourth-order valence-electron chi connectivity index (χ4n) is 4.26. The van der Waals surface area contributed by atoms with Crippen molar-refractivity contribution in [2.45, 2.75) is 25.9 Å². The van der Waals surface area contributed by atoms with Gasteiger partial charge in [0.15, 0.2) is 11.6 Å². The van der Waals surface area contributed by atoms with Gasteiger partial charge in [-0.05, 0) is 42.3 Å². The van der Waals surface area contributed by atoms with E-state index in [1.54, 1.807) is 6.26 Å². The van der Waals surface area contributed by atoms with E-state index in [9.17, 15) is 4.79 Å². The molecule has 2 aromatic heterocycles. The SMILES string of the molecule is C[C@H](NC(=O)CCN(Cc1ccccc1)c1nc(-c2ccco2)nc2ccccc12)c1ccccc1. The largest absolute Gasteiger partial charge is 0.461 e. The molecule has 0 spiro atoms. The Bertz CT molecular complexity index is 1420. The number of furan rings is 1. The molecule has 5 rings (SSSR count). The number of carbonyl (C=O) groups is 1. The fraction of sp³-hybridized carbons (Fsp3) is 0.167. The molecule has 0 aliphatic heterocycles. The molecule has 6 nitrogen and oxygen atoms in total. The lowest BCUT2D eigenvalue weighted by Gasteiger charge is -2.26. The van der Waals surface area contributed by atoms with Crippen LogP contribution in [0.2, 0.25) is 0 Å². The smallest absolute Gasteiger partial charge is 0.222 e. The first-order chi connectivity index (χ1) is 17.7. The fourth-order valence-corrected chi connectivity index (χ4v) is 4.26. The molecule has 0 aliphatic carbocycles. The Kier molecular flexibility index (Phi) is 7.03. The summed E-state index contributed by atoms with van der Waals surface area (Å²) in [6.07, 6.45) is 1.95. The molecule has 5 aromatic rings. The molecule has 180 valence electrons. The number of nitrogens with zero attached hydrogens (tertiary/aromatic N) is 3. The predicted molar refractivity (Wildman–Crippen MR) is 142 cm³/mol. The minimum atomic E-state index is -0.0632. The number of nitrogens with one attached hydrogen (secondary N) is 1. The Hall–Kier alpha value is -4.45. The molecule has 6 heteroatoms. The van der Waals surface area contributed by atoms with E-state index in [2.05, 4.69) is 22.3 Å². The summed E-state index contributed by atoms with van der Waals surface area (Å²) >= 11 is 0. The van der Waals surface area contributed by atoms with Gasteiger partial charge in [0.1, 0.15) is 5.82 Å². The molecule has 36 heavy (non-hydrogen) atoms. The number of amides is 1. The Morgan fingerprint density at radius 3 is 2.36 bits per heavy atom. The Morgan fingerprint density at radius 1 is 0.889 bits per heavy atom. The third-order valence-corrected chi connectivity index (χ3v) is 6.13. The van der Waals surface area contributed by atoms with E-state index < -0.39 is 0 Å². The van der Waals surface area contributed by atoms with Crippen LogP contribution < -0.4 is 10.2 Å². The molecule has 1 atom stereocenters. The first-order valence-electron chi connectivity index (χ1n) is 12.1. The summed E-state index contributed by atoms with van der Waals surface area (Å²) in [5.74, 6) is 1.90. The van der Waals surface area contributed by atoms with Crippen LogP contribution in [0.5, 0.6) is 0 Å². The average molecular weight is 477 g/mol. The zero-order valence-electron chi connectivity index (χ0n) is 20.2. The summed E-state index contributed by atoms with van der Waals surface area (Å²) in [7, 11) is 0. The van der Waals surface area contributed by atoms with Gasteiger partial charge in [-0.2, -0.15) is 0 Å². The quantitative estimate of drug-likeness (QED) is 0.276. The summed E-state index contributed by atoms with van der Waals surface area (Å²) in [5, 5.41) is 4.06. The summed E-state index contributed by atoms with van der Waals surface area (Å²) in [5.41, 5.74) is 3.05. The molecule has 0 bridgehead atoms. The zero-order chi connectivity index (χ0) is 24.7. The van der Waals surface area contributed by atoms with Crippen LogP contribution in [-0.4, -0.2) is 22.4 Å². The van der Waals surface area contributed by atoms with Crippen molar-refractivity contribution < 1.29 is 9.21 Å². The molecule has 0 fully saturated rings. The van der Waals surface area contributed by atoms with Crippen LogP contribution in [0.3, 0.4) is 0 Å². The van der Waals surface area contributed by atoms with Gasteiger partial charge >= 0.3 is 0 Å². The third-order valence-electron chi connectivity index (χ3n) is 6.13. The lowest BCUT2D eigenvalue weighted by atomic mass is 10.1. The molecule has 1 N–H and O–H groups in total. The van der Waals surface area contributed by atoms with E-state index in [0.29, 0.717) is 31.1 Å². The average Bonchev–Trinajstić information content (AvgIpc) is 3.47. The minimum Gasteiger partial charge on any atom is -0.461 e. The Labute approximate surface area is 210 Å². The van der Waals surface area contributed by atoms with Crippen molar-refractivity contribution >= 4 is 22.6 Å². The molecule has 0 saturated heterocycles. The zero-order valence-corrected chi connectivity index (χ0v) is 20.2. The number of anilines is 1. The van der Waals surface area contributed by atoms with E-state index in [0.717, 1.165) is 27.8 Å². The Balaban J connectivity index is 1.44. The molecule has 3 aromatic carbocycles. The van der Waals surface area contributed by atoms with Crippen molar-refractivity contribution in [1.82, 2.24) is 15.3 Å². The highest BCUT2D eigenvalue weighted by molar-refractivity contribution is 5.91. The van der Waals surface area contributed by atoms with Crippen molar-refractivity contribution in [3.8, 4) is 11.6 Å². The van der Waals surface area contributed by atoms with Crippen molar-refractivity contribution in [2.75, 3.05) is 11.4 Å². The molecule has 0 radical (unpaired) electrons. The highest BCUT2D eigenvalue weighted by atomic mass is 16.3. The standard InChI is InChI=1S/C30H28N4O2/c1-22(24-13-6-3-7-14-24)31-28(35)18-19-34(21-23-11-4-2-5-12-23)30-25-15-8-9-16-26(25)32-29(33-30)27-17-10-20-36-27/h2-17,20,22H,18-19,21H2,1H3,(H,31,35)/t22-/m0/s1. The highest BCUT2D eigenvalue weighted by Gasteiger charge is 2.19. The van der Waals surface area contributed by atoms with Crippen LogP contribution in [0.1, 0.15) is 30.5 Å². The van der Waals surface area contributed by atoms with Crippen LogP contribution in [-0.2, 0) is 11.3 Å². The van der Waals surface area contributed by atoms with Crippen LogP contribution in [0, 0.1) is 0 Å². The van der Waals surface area contributed by atoms with Crippen molar-refractivity contribution in [3.63, 3.8) is 0 Å². The highest BCUT2D eigenvalue weighted by Crippen LogP contribution is 2.29. The van der Waals surface area contributed by atoms with Gasteiger partial charge < -0.3 is 14.6 Å². The second kappa shape index (κ2) is 10.9. The van der Waals surface area contributed by atoms with E-state index >= 15 is 0 Å². The summed E-state index contributed by atoms with van der Waals surface area (Å²) < 4.78 is 5.60. The van der Waals surface area contributed by atoms with Crippen molar-refractivity contribution in [3.05, 3.63) is 114 Å². The van der Waals surface area contributed by atoms with Crippen LogP contribution in [0.15, 0.2) is 108 Å². The minimum absolute atomic E-state index is 0.00552. The normalized spacial score (nSPS) is 11.8. The summed E-state index contributed by atoms with van der Waals surface area (Å²) in [6, 6.07) is 31.8. The van der Waals surface area contributed by atoms with Gasteiger partial charge in [-0.25, -0.2) is 9.97 Å². The molecular formula is C30H28N4O2. The number of fused-ring (bicyclic) bond motifs is 1.